The molecule has 2 aromatic carbocycles. The topological polar surface area (TPSA) is 74.6 Å². The molecule has 1 N–H and O–H groups in total. The van der Waals surface area contributed by atoms with Crippen molar-refractivity contribution >= 4 is 22.6 Å². The van der Waals surface area contributed by atoms with Gasteiger partial charge in [0, 0.05) is 41.6 Å². The normalized spacial score (nSPS) is 10.9. The number of aryl methyl sites for hydroxylation is 1. The fourth-order valence-electron chi connectivity index (χ4n) is 4.25. The molecule has 0 fully saturated rings. The summed E-state index contributed by atoms with van der Waals surface area (Å²) in [5.41, 5.74) is 4.30. The second-order valence-corrected chi connectivity index (χ2v) is 8.17. The molecule has 0 saturated carbocycles. The predicted molar refractivity (Wildman–Crippen MR) is 138 cm³/mol. The Morgan fingerprint density at radius 2 is 1.89 bits per heavy atom. The maximum atomic E-state index is 14.6. The van der Waals surface area contributed by atoms with Gasteiger partial charge in [0.15, 0.2) is 0 Å². The molecular weight excluding hydrogens is 461 g/mol. The van der Waals surface area contributed by atoms with Gasteiger partial charge in [-0.05, 0) is 63.2 Å². The van der Waals surface area contributed by atoms with Gasteiger partial charge in [-0.3, -0.25) is 4.98 Å². The molecule has 8 heteroatoms. The van der Waals surface area contributed by atoms with Gasteiger partial charge in [-0.2, -0.15) is 0 Å². The van der Waals surface area contributed by atoms with Crippen molar-refractivity contribution in [2.75, 3.05) is 32.2 Å². The number of methoxy groups -OCH3 is 1. The Morgan fingerprint density at radius 3 is 2.64 bits per heavy atom. The van der Waals surface area contributed by atoms with Gasteiger partial charge in [0.2, 0.25) is 0 Å². The molecule has 0 aliphatic heterocycles. The van der Waals surface area contributed by atoms with Crippen molar-refractivity contribution in [3.63, 3.8) is 0 Å². The van der Waals surface area contributed by atoms with E-state index in [1.165, 1.54) is 6.07 Å². The lowest BCUT2D eigenvalue weighted by Crippen LogP contribution is -2.12. The van der Waals surface area contributed by atoms with Crippen molar-refractivity contribution in [1.29, 1.82) is 0 Å². The predicted octanol–water partition coefficient (Wildman–Crippen LogP) is 5.85. The largest absolute Gasteiger partial charge is 0.496 e. The summed E-state index contributed by atoms with van der Waals surface area (Å²) in [6.45, 7) is 7.45. The zero-order chi connectivity index (χ0) is 25.7. The molecule has 0 unspecified atom stereocenters. The van der Waals surface area contributed by atoms with E-state index in [1.807, 2.05) is 42.7 Å². The van der Waals surface area contributed by atoms with E-state index in [4.69, 9.17) is 14.2 Å². The fourth-order valence-corrected chi connectivity index (χ4v) is 4.25. The Bertz CT molecular complexity index is 1380. The first-order valence-electron chi connectivity index (χ1n) is 11.9. The van der Waals surface area contributed by atoms with E-state index in [2.05, 4.69) is 10.3 Å². The Balaban J connectivity index is 1.52. The molecule has 0 amide bonds. The van der Waals surface area contributed by atoms with Crippen molar-refractivity contribution in [3.05, 3.63) is 71.8 Å². The molecule has 36 heavy (non-hydrogen) atoms. The molecule has 2 aromatic heterocycles. The van der Waals surface area contributed by atoms with Gasteiger partial charge in [-0.25, -0.2) is 9.18 Å². The van der Waals surface area contributed by atoms with Crippen molar-refractivity contribution in [1.82, 2.24) is 9.55 Å². The van der Waals surface area contributed by atoms with Crippen LogP contribution in [-0.2, 0) is 11.3 Å². The number of ether oxygens (including phenoxy) is 3. The van der Waals surface area contributed by atoms with Crippen LogP contribution in [0.25, 0.3) is 22.2 Å². The zero-order valence-electron chi connectivity index (χ0n) is 20.9. The van der Waals surface area contributed by atoms with Gasteiger partial charge < -0.3 is 24.1 Å². The number of pyridine rings is 1. The third-order valence-electron chi connectivity index (χ3n) is 5.89. The number of aromatic nitrogens is 2. The van der Waals surface area contributed by atoms with Crippen LogP contribution in [0.3, 0.4) is 0 Å². The van der Waals surface area contributed by atoms with Crippen LogP contribution >= 0.6 is 0 Å². The average molecular weight is 492 g/mol. The van der Waals surface area contributed by atoms with E-state index >= 15 is 0 Å². The van der Waals surface area contributed by atoms with E-state index < -0.39 is 5.97 Å². The van der Waals surface area contributed by atoms with E-state index in [0.717, 1.165) is 28.0 Å². The van der Waals surface area contributed by atoms with Crippen molar-refractivity contribution in [2.24, 2.45) is 0 Å². The summed E-state index contributed by atoms with van der Waals surface area (Å²) in [7, 11) is 1.59. The van der Waals surface area contributed by atoms with Crippen molar-refractivity contribution in [3.8, 4) is 22.8 Å². The highest BCUT2D eigenvalue weighted by Crippen LogP contribution is 2.31. The molecule has 0 atom stereocenters. The highest BCUT2D eigenvalue weighted by Gasteiger charge is 2.16. The third kappa shape index (κ3) is 5.12. The number of nitrogens with one attached hydrogen (secondary N) is 1. The van der Waals surface area contributed by atoms with Gasteiger partial charge in [0.1, 0.15) is 22.9 Å². The van der Waals surface area contributed by atoms with Gasteiger partial charge in [0.05, 0.1) is 31.5 Å². The molecule has 0 aliphatic rings. The first kappa shape index (κ1) is 25.0. The molecule has 0 aliphatic carbocycles. The van der Waals surface area contributed by atoms with Gasteiger partial charge in [-0.1, -0.05) is 6.07 Å². The van der Waals surface area contributed by atoms with Crippen molar-refractivity contribution in [2.45, 2.75) is 27.3 Å². The second kappa shape index (κ2) is 11.1. The molecule has 0 radical (unpaired) electrons. The fraction of sp³-hybridized carbons (Fsp3) is 0.286. The minimum absolute atomic E-state index is 0.276. The number of halogens is 1. The van der Waals surface area contributed by atoms with Gasteiger partial charge in [0.25, 0.3) is 0 Å². The van der Waals surface area contributed by atoms with Crippen LogP contribution in [-0.4, -0.2) is 42.4 Å². The molecule has 0 bridgehead atoms. The Labute approximate surface area is 209 Å². The first-order valence-corrected chi connectivity index (χ1v) is 11.9. The minimum Gasteiger partial charge on any atom is -0.496 e. The number of hydrogen-bond acceptors (Lipinski definition) is 6. The Kier molecular flexibility index (Phi) is 7.73. The first-order chi connectivity index (χ1) is 17.5. The molecule has 2 heterocycles. The maximum Gasteiger partial charge on any atom is 0.341 e. The van der Waals surface area contributed by atoms with Crippen LogP contribution in [0.15, 0.2) is 54.7 Å². The number of carbonyl (C=O) groups excluding carboxylic acids is 1. The van der Waals surface area contributed by atoms with Crippen LogP contribution < -0.4 is 14.8 Å². The number of nitrogens with zero attached hydrogens (tertiary/aromatic N) is 2. The minimum atomic E-state index is -0.419. The third-order valence-corrected chi connectivity index (χ3v) is 5.89. The molecule has 188 valence electrons. The zero-order valence-corrected chi connectivity index (χ0v) is 20.9. The lowest BCUT2D eigenvalue weighted by Gasteiger charge is -2.13. The van der Waals surface area contributed by atoms with Crippen LogP contribution in [0.5, 0.6) is 11.5 Å². The van der Waals surface area contributed by atoms with Gasteiger partial charge in [-0.15, -0.1) is 0 Å². The summed E-state index contributed by atoms with van der Waals surface area (Å²) in [5, 5.41) is 4.16. The van der Waals surface area contributed by atoms with E-state index in [1.54, 1.807) is 38.4 Å². The standard InChI is InChI=1S/C28H30FN3O4/c1-5-35-26-16-19(7-8-21(26)28(33)36-6-2)24-17-20(11-12-31-24)30-13-14-32-18(3)15-22-25(34-4)10-9-23(29)27(22)32/h7-12,15-17H,5-6,13-14H2,1-4H3,(H,30,31). The highest BCUT2D eigenvalue weighted by atomic mass is 19.1. The smallest absolute Gasteiger partial charge is 0.341 e. The molecule has 0 spiro atoms. The number of rotatable bonds is 10. The number of carbonyl (C=O) groups is 1. The Hall–Kier alpha value is -4.07. The second-order valence-electron chi connectivity index (χ2n) is 8.17. The average Bonchev–Trinajstić information content (AvgIpc) is 3.21. The van der Waals surface area contributed by atoms with E-state index in [0.29, 0.717) is 48.9 Å². The summed E-state index contributed by atoms with van der Waals surface area (Å²) < 4.78 is 32.8. The molecule has 4 aromatic rings. The van der Waals surface area contributed by atoms with Crippen LogP contribution in [0.2, 0.25) is 0 Å². The highest BCUT2D eigenvalue weighted by molar-refractivity contribution is 5.93. The quantitative estimate of drug-likeness (QED) is 0.281. The number of fused-ring (bicyclic) bond motifs is 1. The van der Waals surface area contributed by atoms with Crippen molar-refractivity contribution < 1.29 is 23.4 Å². The summed E-state index contributed by atoms with van der Waals surface area (Å²) in [6.07, 6.45) is 1.72. The molecule has 7 nitrogen and oxygen atoms in total. The number of benzene rings is 2. The number of esters is 1. The van der Waals surface area contributed by atoms with E-state index in [-0.39, 0.29) is 5.82 Å². The van der Waals surface area contributed by atoms with Gasteiger partial charge >= 0.3 is 5.97 Å². The summed E-state index contributed by atoms with van der Waals surface area (Å²) in [4.78, 5) is 16.7. The number of hydrogen-bond donors (Lipinski definition) is 1. The Morgan fingerprint density at radius 1 is 1.06 bits per heavy atom. The molecule has 0 saturated heterocycles. The molecular formula is C28H30FN3O4. The summed E-state index contributed by atoms with van der Waals surface area (Å²) in [5.74, 6) is 0.417. The number of anilines is 1. The lowest BCUT2D eigenvalue weighted by molar-refractivity contribution is 0.0522. The van der Waals surface area contributed by atoms with Crippen LogP contribution in [0, 0.1) is 12.7 Å². The monoisotopic (exact) mass is 491 g/mol. The SMILES string of the molecule is CCOC(=O)c1ccc(-c2cc(NCCn3c(C)cc4c(OC)ccc(F)c43)ccn2)cc1OCC. The maximum absolute atomic E-state index is 14.6. The molecule has 4 rings (SSSR count). The summed E-state index contributed by atoms with van der Waals surface area (Å²) in [6, 6.07) is 14.2. The van der Waals surface area contributed by atoms with Crippen LogP contribution in [0.1, 0.15) is 29.9 Å². The van der Waals surface area contributed by atoms with E-state index in [9.17, 15) is 9.18 Å². The lowest BCUT2D eigenvalue weighted by atomic mass is 10.1. The van der Waals surface area contributed by atoms with Crippen LogP contribution in [0.4, 0.5) is 10.1 Å². The summed E-state index contributed by atoms with van der Waals surface area (Å²) >= 11 is 0.